The Morgan fingerprint density at radius 2 is 1.80 bits per heavy atom. The van der Waals surface area contributed by atoms with Crippen LogP contribution in [-0.4, -0.2) is 35.2 Å². The van der Waals surface area contributed by atoms with Crippen molar-refractivity contribution in [2.75, 3.05) is 7.05 Å². The van der Waals surface area contributed by atoms with Gasteiger partial charge < -0.3 is 5.11 Å². The Bertz CT molecular complexity index is 151. The van der Waals surface area contributed by atoms with E-state index in [2.05, 4.69) is 24.1 Å². The molecule has 0 amide bonds. The molecule has 0 saturated carbocycles. The molecule has 2 nitrogen and oxygen atoms in total. The van der Waals surface area contributed by atoms with Crippen LogP contribution in [0.4, 0.5) is 0 Å². The van der Waals surface area contributed by atoms with E-state index in [9.17, 15) is 5.11 Å². The molecule has 0 aromatic carbocycles. The number of likely N-dealkylation sites (N-methyl/N-ethyl adjacent to an activating group) is 1. The number of nitrogens with zero attached hydrogens (tertiary/aromatic N) is 1. The fourth-order valence-electron chi connectivity index (χ4n) is 1.92. The van der Waals surface area contributed by atoms with E-state index >= 15 is 0 Å². The maximum atomic E-state index is 9.34. The summed E-state index contributed by atoms with van der Waals surface area (Å²) >= 11 is 0. The Hall–Kier alpha value is -0.340. The first kappa shape index (κ1) is 6.38. The van der Waals surface area contributed by atoms with Gasteiger partial charge in [0, 0.05) is 12.1 Å². The minimum absolute atomic E-state index is 0.0683. The van der Waals surface area contributed by atoms with Gasteiger partial charge in [-0.2, -0.15) is 0 Å². The van der Waals surface area contributed by atoms with Crippen molar-refractivity contribution in [2.24, 2.45) is 0 Å². The Morgan fingerprint density at radius 1 is 1.30 bits per heavy atom. The van der Waals surface area contributed by atoms with E-state index in [4.69, 9.17) is 0 Å². The molecule has 1 fully saturated rings. The highest BCUT2D eigenvalue weighted by molar-refractivity contribution is 5.13. The van der Waals surface area contributed by atoms with Crippen LogP contribution in [0.2, 0.25) is 0 Å². The summed E-state index contributed by atoms with van der Waals surface area (Å²) in [5, 5.41) is 9.34. The zero-order valence-corrected chi connectivity index (χ0v) is 6.20. The van der Waals surface area contributed by atoms with Crippen LogP contribution in [0.25, 0.3) is 0 Å². The molecule has 1 N–H and O–H groups in total. The monoisotopic (exact) mass is 139 g/mol. The summed E-state index contributed by atoms with van der Waals surface area (Å²) in [5.41, 5.74) is 0. The van der Waals surface area contributed by atoms with Crippen molar-refractivity contribution in [1.29, 1.82) is 0 Å². The summed E-state index contributed by atoms with van der Waals surface area (Å²) < 4.78 is 0. The number of aliphatic hydroxyl groups is 1. The molecule has 2 heteroatoms. The van der Waals surface area contributed by atoms with E-state index in [0.29, 0.717) is 12.1 Å². The average Bonchev–Trinajstić information content (AvgIpc) is 2.20. The van der Waals surface area contributed by atoms with Crippen molar-refractivity contribution in [1.82, 2.24) is 4.90 Å². The highest BCUT2D eigenvalue weighted by Gasteiger charge is 2.33. The quantitative estimate of drug-likeness (QED) is 0.490. The molecule has 56 valence electrons. The predicted molar refractivity (Wildman–Crippen MR) is 39.7 cm³/mol. The molecule has 10 heavy (non-hydrogen) atoms. The van der Waals surface area contributed by atoms with E-state index in [1.807, 2.05) is 0 Å². The summed E-state index contributed by atoms with van der Waals surface area (Å²) in [5.74, 6) is 0. The lowest BCUT2D eigenvalue weighted by Gasteiger charge is -2.34. The first-order valence-corrected chi connectivity index (χ1v) is 3.85. The lowest BCUT2D eigenvalue weighted by Crippen LogP contribution is -2.42. The van der Waals surface area contributed by atoms with E-state index in [0.717, 1.165) is 12.8 Å². The van der Waals surface area contributed by atoms with Crippen LogP contribution < -0.4 is 0 Å². The van der Waals surface area contributed by atoms with Crippen molar-refractivity contribution in [3.05, 3.63) is 12.2 Å². The average molecular weight is 139 g/mol. The first-order chi connectivity index (χ1) is 4.77. The predicted octanol–water partition coefficient (Wildman–Crippen LogP) is 0.380. The van der Waals surface area contributed by atoms with Gasteiger partial charge >= 0.3 is 0 Å². The number of aliphatic hydroxyl groups excluding tert-OH is 1. The zero-order valence-electron chi connectivity index (χ0n) is 6.20. The molecule has 0 aromatic rings. The minimum atomic E-state index is -0.0683. The Kier molecular flexibility index (Phi) is 1.32. The molecule has 2 heterocycles. The van der Waals surface area contributed by atoms with Gasteiger partial charge in [0.1, 0.15) is 0 Å². The van der Waals surface area contributed by atoms with Gasteiger partial charge in [-0.15, -0.1) is 0 Å². The molecule has 1 saturated heterocycles. The van der Waals surface area contributed by atoms with Crippen molar-refractivity contribution in [3.8, 4) is 0 Å². The van der Waals surface area contributed by atoms with E-state index < -0.39 is 0 Å². The summed E-state index contributed by atoms with van der Waals surface area (Å²) in [4.78, 5) is 2.33. The molecule has 0 spiro atoms. The van der Waals surface area contributed by atoms with Crippen LogP contribution in [0.1, 0.15) is 12.8 Å². The topological polar surface area (TPSA) is 23.5 Å². The SMILES string of the molecule is CN1[C@@H]2C=C[C@H]1CC(O)C2. The van der Waals surface area contributed by atoms with Crippen LogP contribution in [0, 0.1) is 0 Å². The fourth-order valence-corrected chi connectivity index (χ4v) is 1.92. The zero-order chi connectivity index (χ0) is 7.14. The van der Waals surface area contributed by atoms with Crippen molar-refractivity contribution < 1.29 is 5.11 Å². The fraction of sp³-hybridized carbons (Fsp3) is 0.750. The smallest absolute Gasteiger partial charge is 0.0576 e. The van der Waals surface area contributed by atoms with Crippen LogP contribution in [0.5, 0.6) is 0 Å². The standard InChI is InChI=1S/C8H13NO/c1-9-6-2-3-7(9)5-8(10)4-6/h2-3,6-8,10H,4-5H2,1H3/t6-,7+,8?. The minimum Gasteiger partial charge on any atom is -0.393 e. The summed E-state index contributed by atoms with van der Waals surface area (Å²) in [6, 6.07) is 1.02. The molecule has 2 rings (SSSR count). The molecular weight excluding hydrogens is 126 g/mol. The van der Waals surface area contributed by atoms with Crippen molar-refractivity contribution >= 4 is 0 Å². The molecule has 2 aliphatic rings. The third kappa shape index (κ3) is 0.796. The van der Waals surface area contributed by atoms with Crippen LogP contribution in [-0.2, 0) is 0 Å². The van der Waals surface area contributed by atoms with Gasteiger partial charge in [0.25, 0.3) is 0 Å². The Morgan fingerprint density at radius 3 is 2.30 bits per heavy atom. The van der Waals surface area contributed by atoms with Crippen LogP contribution >= 0.6 is 0 Å². The van der Waals surface area contributed by atoms with Gasteiger partial charge in [0.2, 0.25) is 0 Å². The Balaban J connectivity index is 2.15. The van der Waals surface area contributed by atoms with Crippen molar-refractivity contribution in [3.63, 3.8) is 0 Å². The normalized spacial score (nSPS) is 46.4. The van der Waals surface area contributed by atoms with Gasteiger partial charge in [0.15, 0.2) is 0 Å². The third-order valence-electron chi connectivity index (χ3n) is 2.63. The molecule has 3 atom stereocenters. The van der Waals surface area contributed by atoms with E-state index in [-0.39, 0.29) is 6.10 Å². The number of piperidine rings is 1. The summed E-state index contributed by atoms with van der Waals surface area (Å²) in [7, 11) is 2.13. The van der Waals surface area contributed by atoms with Crippen LogP contribution in [0.15, 0.2) is 12.2 Å². The molecule has 2 aliphatic heterocycles. The van der Waals surface area contributed by atoms with Gasteiger partial charge in [-0.3, -0.25) is 4.90 Å². The molecular formula is C8H13NO. The largest absolute Gasteiger partial charge is 0.393 e. The molecule has 0 radical (unpaired) electrons. The van der Waals surface area contributed by atoms with Crippen molar-refractivity contribution in [2.45, 2.75) is 31.0 Å². The lowest BCUT2D eigenvalue weighted by molar-refractivity contribution is 0.0586. The summed E-state index contributed by atoms with van der Waals surface area (Å²) in [6.07, 6.45) is 6.19. The van der Waals surface area contributed by atoms with E-state index in [1.54, 1.807) is 0 Å². The Labute approximate surface area is 61.1 Å². The third-order valence-corrected chi connectivity index (χ3v) is 2.63. The van der Waals surface area contributed by atoms with Gasteiger partial charge in [0.05, 0.1) is 6.10 Å². The van der Waals surface area contributed by atoms with E-state index in [1.165, 1.54) is 0 Å². The number of rotatable bonds is 0. The number of fused-ring (bicyclic) bond motifs is 2. The van der Waals surface area contributed by atoms with Gasteiger partial charge in [-0.1, -0.05) is 12.2 Å². The number of hydrogen-bond acceptors (Lipinski definition) is 2. The summed E-state index contributed by atoms with van der Waals surface area (Å²) in [6.45, 7) is 0. The highest BCUT2D eigenvalue weighted by Crippen LogP contribution is 2.28. The molecule has 0 aliphatic carbocycles. The second kappa shape index (κ2) is 2.07. The molecule has 0 aromatic heterocycles. The van der Waals surface area contributed by atoms with Gasteiger partial charge in [-0.25, -0.2) is 0 Å². The first-order valence-electron chi connectivity index (χ1n) is 3.85. The second-order valence-electron chi connectivity index (χ2n) is 3.31. The lowest BCUT2D eigenvalue weighted by atomic mass is 10.00. The maximum absolute atomic E-state index is 9.34. The highest BCUT2D eigenvalue weighted by atomic mass is 16.3. The number of hydrogen-bond donors (Lipinski definition) is 1. The molecule has 1 unspecified atom stereocenters. The maximum Gasteiger partial charge on any atom is 0.0576 e. The second-order valence-corrected chi connectivity index (χ2v) is 3.31. The molecule has 2 bridgehead atoms. The van der Waals surface area contributed by atoms with Gasteiger partial charge in [-0.05, 0) is 19.9 Å². The van der Waals surface area contributed by atoms with Crippen LogP contribution in [0.3, 0.4) is 0 Å².